The number of aromatic nitrogens is 2. The maximum absolute atomic E-state index is 12.9. The number of alkyl halides is 2. The van der Waals surface area contributed by atoms with Gasteiger partial charge in [-0.1, -0.05) is 0 Å². The van der Waals surface area contributed by atoms with Gasteiger partial charge in [0.1, 0.15) is 18.1 Å². The van der Waals surface area contributed by atoms with E-state index in [2.05, 4.69) is 19.4 Å². The van der Waals surface area contributed by atoms with E-state index in [1.165, 1.54) is 24.5 Å². The minimum atomic E-state index is -3.65. The van der Waals surface area contributed by atoms with Gasteiger partial charge < -0.3 is 9.47 Å². The maximum atomic E-state index is 12.9. The van der Waals surface area contributed by atoms with Gasteiger partial charge in [-0.05, 0) is 18.2 Å². The van der Waals surface area contributed by atoms with E-state index in [9.17, 15) is 8.78 Å². The van der Waals surface area contributed by atoms with Gasteiger partial charge in [0.25, 0.3) is 0 Å². The SMILES string of the molecule is N#Cc1cc(-c2ccc3c(c2)OC(F)(F)O3)ncn1. The van der Waals surface area contributed by atoms with E-state index in [0.717, 1.165) is 0 Å². The highest BCUT2D eigenvalue weighted by Gasteiger charge is 2.43. The summed E-state index contributed by atoms with van der Waals surface area (Å²) < 4.78 is 34.4. The molecule has 1 aromatic carbocycles. The molecule has 19 heavy (non-hydrogen) atoms. The summed E-state index contributed by atoms with van der Waals surface area (Å²) in [5, 5.41) is 8.75. The Morgan fingerprint density at radius 3 is 2.68 bits per heavy atom. The summed E-state index contributed by atoms with van der Waals surface area (Å²) in [4.78, 5) is 7.70. The smallest absolute Gasteiger partial charge is 0.395 e. The van der Waals surface area contributed by atoms with Gasteiger partial charge >= 0.3 is 6.29 Å². The lowest BCUT2D eigenvalue weighted by molar-refractivity contribution is -0.286. The van der Waals surface area contributed by atoms with Crippen molar-refractivity contribution in [1.29, 1.82) is 5.26 Å². The van der Waals surface area contributed by atoms with Gasteiger partial charge in [0.05, 0.1) is 5.69 Å². The van der Waals surface area contributed by atoms with Gasteiger partial charge in [-0.15, -0.1) is 8.78 Å². The van der Waals surface area contributed by atoms with Gasteiger partial charge in [0.15, 0.2) is 11.5 Å². The van der Waals surface area contributed by atoms with Crippen LogP contribution in [0.15, 0.2) is 30.6 Å². The average molecular weight is 261 g/mol. The monoisotopic (exact) mass is 261 g/mol. The van der Waals surface area contributed by atoms with Crippen LogP contribution in [-0.4, -0.2) is 16.3 Å². The van der Waals surface area contributed by atoms with Crippen LogP contribution in [0.25, 0.3) is 11.3 Å². The van der Waals surface area contributed by atoms with E-state index in [1.54, 1.807) is 6.07 Å². The van der Waals surface area contributed by atoms with Crippen LogP contribution in [0.4, 0.5) is 8.78 Å². The summed E-state index contributed by atoms with van der Waals surface area (Å²) in [6, 6.07) is 7.61. The molecule has 7 heteroatoms. The van der Waals surface area contributed by atoms with Crippen molar-refractivity contribution < 1.29 is 18.3 Å². The Morgan fingerprint density at radius 1 is 1.11 bits per heavy atom. The first-order chi connectivity index (χ1) is 9.07. The molecule has 0 aliphatic carbocycles. The second-order valence-electron chi connectivity index (χ2n) is 3.73. The molecule has 0 saturated heterocycles. The molecule has 0 amide bonds. The number of nitriles is 1. The molecular formula is C12H5F2N3O2. The highest BCUT2D eigenvalue weighted by atomic mass is 19.3. The highest BCUT2D eigenvalue weighted by Crippen LogP contribution is 2.42. The molecule has 0 unspecified atom stereocenters. The zero-order valence-electron chi connectivity index (χ0n) is 9.30. The Morgan fingerprint density at radius 2 is 1.89 bits per heavy atom. The molecule has 0 fully saturated rings. The minimum absolute atomic E-state index is 0.0386. The maximum Gasteiger partial charge on any atom is 0.586 e. The lowest BCUT2D eigenvalue weighted by Crippen LogP contribution is -2.25. The van der Waals surface area contributed by atoms with Crippen molar-refractivity contribution in [3.63, 3.8) is 0 Å². The summed E-state index contributed by atoms with van der Waals surface area (Å²) >= 11 is 0. The van der Waals surface area contributed by atoms with Crippen LogP contribution in [0.1, 0.15) is 5.69 Å². The van der Waals surface area contributed by atoms with Crippen molar-refractivity contribution in [1.82, 2.24) is 9.97 Å². The van der Waals surface area contributed by atoms with Crippen molar-refractivity contribution in [2.75, 3.05) is 0 Å². The molecule has 0 N–H and O–H groups in total. The Balaban J connectivity index is 2.02. The third-order valence-electron chi connectivity index (χ3n) is 2.48. The molecule has 1 aliphatic heterocycles. The van der Waals surface area contributed by atoms with E-state index in [0.29, 0.717) is 11.3 Å². The predicted octanol–water partition coefficient (Wildman–Crippen LogP) is 2.34. The molecule has 2 aromatic rings. The van der Waals surface area contributed by atoms with Gasteiger partial charge in [0.2, 0.25) is 0 Å². The lowest BCUT2D eigenvalue weighted by Gasteiger charge is -2.04. The van der Waals surface area contributed by atoms with Crippen LogP contribution < -0.4 is 9.47 Å². The topological polar surface area (TPSA) is 68.0 Å². The summed E-state index contributed by atoms with van der Waals surface area (Å²) in [5.74, 6) is -0.108. The Kier molecular flexibility index (Phi) is 2.32. The number of halogens is 2. The number of hydrogen-bond acceptors (Lipinski definition) is 5. The van der Waals surface area contributed by atoms with Crippen LogP contribution >= 0.6 is 0 Å². The first kappa shape index (κ1) is 11.3. The number of ether oxygens (including phenoxy) is 2. The van der Waals surface area contributed by atoms with Crippen LogP contribution in [0, 0.1) is 11.3 Å². The molecule has 5 nitrogen and oxygen atoms in total. The first-order valence-electron chi connectivity index (χ1n) is 5.20. The first-order valence-corrected chi connectivity index (χ1v) is 5.20. The molecule has 94 valence electrons. The lowest BCUT2D eigenvalue weighted by atomic mass is 10.1. The fourth-order valence-electron chi connectivity index (χ4n) is 1.68. The van der Waals surface area contributed by atoms with Crippen molar-refractivity contribution in [2.24, 2.45) is 0 Å². The summed E-state index contributed by atoms with van der Waals surface area (Å²) in [6.07, 6.45) is -2.42. The van der Waals surface area contributed by atoms with Gasteiger partial charge in [-0.2, -0.15) is 5.26 Å². The summed E-state index contributed by atoms with van der Waals surface area (Å²) in [6.45, 7) is 0. The molecule has 0 atom stereocenters. The molecule has 0 bridgehead atoms. The highest BCUT2D eigenvalue weighted by molar-refractivity contribution is 5.65. The van der Waals surface area contributed by atoms with Crippen LogP contribution in [-0.2, 0) is 0 Å². The molecule has 0 saturated carbocycles. The van der Waals surface area contributed by atoms with E-state index >= 15 is 0 Å². The van der Waals surface area contributed by atoms with Crippen LogP contribution in [0.2, 0.25) is 0 Å². The van der Waals surface area contributed by atoms with Crippen molar-refractivity contribution in [3.05, 3.63) is 36.3 Å². The van der Waals surface area contributed by atoms with Crippen molar-refractivity contribution in [2.45, 2.75) is 6.29 Å². The Bertz CT molecular complexity index is 698. The van der Waals surface area contributed by atoms with Crippen molar-refractivity contribution >= 4 is 0 Å². The zero-order valence-corrected chi connectivity index (χ0v) is 9.30. The second-order valence-corrected chi connectivity index (χ2v) is 3.73. The van der Waals surface area contributed by atoms with Gasteiger partial charge in [-0.25, -0.2) is 9.97 Å². The molecule has 1 aliphatic rings. The summed E-state index contributed by atoms with van der Waals surface area (Å²) in [7, 11) is 0. The van der Waals surface area contributed by atoms with E-state index < -0.39 is 6.29 Å². The number of fused-ring (bicyclic) bond motifs is 1. The van der Waals surface area contributed by atoms with E-state index in [1.807, 2.05) is 6.07 Å². The molecule has 1 aromatic heterocycles. The normalized spacial score (nSPS) is 15.0. The fraction of sp³-hybridized carbons (Fsp3) is 0.0833. The van der Waals surface area contributed by atoms with Crippen molar-refractivity contribution in [3.8, 4) is 28.8 Å². The van der Waals surface area contributed by atoms with Crippen LogP contribution in [0.5, 0.6) is 11.5 Å². The molecular weight excluding hydrogens is 256 g/mol. The number of rotatable bonds is 1. The Labute approximate surface area is 106 Å². The molecule has 3 rings (SSSR count). The number of benzene rings is 1. The Hall–Kier alpha value is -2.75. The number of hydrogen-bond donors (Lipinski definition) is 0. The summed E-state index contributed by atoms with van der Waals surface area (Å²) in [5.41, 5.74) is 1.15. The third-order valence-corrected chi connectivity index (χ3v) is 2.48. The average Bonchev–Trinajstić information content (AvgIpc) is 2.71. The standard InChI is InChI=1S/C12H5F2N3O2/c13-12(14)18-10-2-1-7(3-11(10)19-12)9-4-8(5-15)16-6-17-9/h1-4,6H. The minimum Gasteiger partial charge on any atom is -0.395 e. The van der Waals surface area contributed by atoms with Gasteiger partial charge in [0, 0.05) is 11.6 Å². The fourth-order valence-corrected chi connectivity index (χ4v) is 1.68. The molecule has 0 spiro atoms. The quantitative estimate of drug-likeness (QED) is 0.788. The number of nitrogens with zero attached hydrogens (tertiary/aromatic N) is 3. The zero-order chi connectivity index (χ0) is 13.5. The molecule has 2 heterocycles. The van der Waals surface area contributed by atoms with Gasteiger partial charge in [-0.3, -0.25) is 0 Å². The predicted molar refractivity (Wildman–Crippen MR) is 58.4 cm³/mol. The largest absolute Gasteiger partial charge is 0.586 e. The van der Waals surface area contributed by atoms with E-state index in [-0.39, 0.29) is 17.2 Å². The molecule has 0 radical (unpaired) electrons. The van der Waals surface area contributed by atoms with E-state index in [4.69, 9.17) is 5.26 Å². The third kappa shape index (κ3) is 2.04. The second kappa shape index (κ2) is 3.88. The van der Waals surface area contributed by atoms with Crippen LogP contribution in [0.3, 0.4) is 0 Å².